The van der Waals surface area contributed by atoms with Gasteiger partial charge in [0.25, 0.3) is 5.91 Å². The molecule has 5 heteroatoms. The van der Waals surface area contributed by atoms with Crippen molar-refractivity contribution in [2.45, 2.75) is 6.92 Å². The lowest BCUT2D eigenvalue weighted by atomic mass is 10.1. The molecule has 1 aromatic heterocycles. The highest BCUT2D eigenvalue weighted by atomic mass is 35.5. The highest BCUT2D eigenvalue weighted by molar-refractivity contribution is 6.31. The molecule has 0 saturated carbocycles. The smallest absolute Gasteiger partial charge is 0.257 e. The van der Waals surface area contributed by atoms with Gasteiger partial charge in [0.2, 0.25) is 0 Å². The predicted octanol–water partition coefficient (Wildman–Crippen LogP) is 4.59. The summed E-state index contributed by atoms with van der Waals surface area (Å²) in [5.41, 5.74) is 2.20. The summed E-state index contributed by atoms with van der Waals surface area (Å²) in [4.78, 5) is 16.8. The molecular formula is C17H12ClFN2O. The van der Waals surface area contributed by atoms with Crippen LogP contribution in [0.5, 0.6) is 0 Å². The largest absolute Gasteiger partial charge is 0.322 e. The Morgan fingerprint density at radius 2 is 2.00 bits per heavy atom. The van der Waals surface area contributed by atoms with E-state index in [9.17, 15) is 9.18 Å². The molecule has 0 aliphatic carbocycles. The van der Waals surface area contributed by atoms with Gasteiger partial charge in [0.15, 0.2) is 0 Å². The quantitative estimate of drug-likeness (QED) is 0.751. The summed E-state index contributed by atoms with van der Waals surface area (Å²) in [6.07, 6.45) is 0. The van der Waals surface area contributed by atoms with Crippen molar-refractivity contribution >= 4 is 34.1 Å². The van der Waals surface area contributed by atoms with E-state index >= 15 is 0 Å². The molecule has 0 fully saturated rings. The number of anilines is 1. The van der Waals surface area contributed by atoms with Crippen molar-refractivity contribution in [3.63, 3.8) is 0 Å². The molecule has 1 amide bonds. The van der Waals surface area contributed by atoms with Crippen molar-refractivity contribution in [1.82, 2.24) is 4.98 Å². The van der Waals surface area contributed by atoms with Gasteiger partial charge in [-0.2, -0.15) is 0 Å². The van der Waals surface area contributed by atoms with Gasteiger partial charge in [-0.05, 0) is 49.4 Å². The number of amides is 1. The molecule has 0 radical (unpaired) electrons. The Labute approximate surface area is 131 Å². The van der Waals surface area contributed by atoms with Crippen molar-refractivity contribution in [2.24, 2.45) is 0 Å². The maximum absolute atomic E-state index is 13.2. The number of halogens is 2. The normalized spacial score (nSPS) is 10.7. The molecule has 0 bridgehead atoms. The fourth-order valence-corrected chi connectivity index (χ4v) is 2.42. The number of nitrogens with one attached hydrogen (secondary N) is 1. The molecule has 3 rings (SSSR count). The lowest BCUT2D eigenvalue weighted by Gasteiger charge is -2.09. The number of carbonyl (C=O) groups is 1. The van der Waals surface area contributed by atoms with Crippen LogP contribution in [0.3, 0.4) is 0 Å². The van der Waals surface area contributed by atoms with E-state index in [4.69, 9.17) is 11.6 Å². The monoisotopic (exact) mass is 314 g/mol. The molecule has 1 N–H and O–H groups in total. The van der Waals surface area contributed by atoms with Crippen molar-refractivity contribution in [3.05, 3.63) is 70.6 Å². The van der Waals surface area contributed by atoms with Crippen LogP contribution in [-0.2, 0) is 0 Å². The molecule has 0 unspecified atom stereocenters. The standard InChI is InChI=1S/C17H12ClFN2O/c1-10-15(8-11-7-12(18)5-6-16(11)20-10)17(22)21-14-4-2-3-13(19)9-14/h2-9H,1H3,(H,21,22). The van der Waals surface area contributed by atoms with Gasteiger partial charge in [-0.25, -0.2) is 4.39 Å². The molecule has 0 saturated heterocycles. The highest BCUT2D eigenvalue weighted by Crippen LogP contribution is 2.21. The summed E-state index contributed by atoms with van der Waals surface area (Å²) in [6.45, 7) is 1.76. The van der Waals surface area contributed by atoms with Crippen molar-refractivity contribution < 1.29 is 9.18 Å². The number of fused-ring (bicyclic) bond motifs is 1. The number of aryl methyl sites for hydroxylation is 1. The van der Waals surface area contributed by atoms with E-state index in [1.807, 2.05) is 0 Å². The average molecular weight is 315 g/mol. The fraction of sp³-hybridized carbons (Fsp3) is 0.0588. The number of pyridine rings is 1. The molecule has 0 aliphatic rings. The Morgan fingerprint density at radius 1 is 1.18 bits per heavy atom. The summed E-state index contributed by atoms with van der Waals surface area (Å²) < 4.78 is 13.2. The molecular weight excluding hydrogens is 303 g/mol. The number of hydrogen-bond donors (Lipinski definition) is 1. The Bertz CT molecular complexity index is 880. The van der Waals surface area contributed by atoms with Gasteiger partial charge in [-0.15, -0.1) is 0 Å². The van der Waals surface area contributed by atoms with Crippen LogP contribution < -0.4 is 5.32 Å². The second-order valence-electron chi connectivity index (χ2n) is 4.92. The first-order valence-corrected chi connectivity index (χ1v) is 7.04. The van der Waals surface area contributed by atoms with E-state index in [0.717, 1.165) is 10.9 Å². The molecule has 0 spiro atoms. The van der Waals surface area contributed by atoms with E-state index in [1.54, 1.807) is 37.3 Å². The zero-order valence-corrected chi connectivity index (χ0v) is 12.5. The van der Waals surface area contributed by atoms with Gasteiger partial charge >= 0.3 is 0 Å². The van der Waals surface area contributed by atoms with E-state index in [-0.39, 0.29) is 5.91 Å². The van der Waals surface area contributed by atoms with E-state index in [0.29, 0.717) is 22.0 Å². The third-order valence-electron chi connectivity index (χ3n) is 3.29. The Kier molecular flexibility index (Phi) is 3.77. The summed E-state index contributed by atoms with van der Waals surface area (Å²) >= 11 is 5.97. The minimum atomic E-state index is -0.405. The zero-order chi connectivity index (χ0) is 15.7. The maximum atomic E-state index is 13.2. The fourth-order valence-electron chi connectivity index (χ4n) is 2.24. The number of aromatic nitrogens is 1. The van der Waals surface area contributed by atoms with Gasteiger partial charge in [-0.3, -0.25) is 9.78 Å². The Balaban J connectivity index is 1.98. The van der Waals surface area contributed by atoms with Crippen molar-refractivity contribution in [1.29, 1.82) is 0 Å². The minimum Gasteiger partial charge on any atom is -0.322 e. The molecule has 22 heavy (non-hydrogen) atoms. The number of carbonyl (C=O) groups excluding carboxylic acids is 1. The lowest BCUT2D eigenvalue weighted by molar-refractivity contribution is 0.102. The third-order valence-corrected chi connectivity index (χ3v) is 3.53. The molecule has 2 aromatic carbocycles. The molecule has 0 aliphatic heterocycles. The van der Waals surface area contributed by atoms with Crippen LogP contribution in [-0.4, -0.2) is 10.9 Å². The Hall–Kier alpha value is -2.46. The van der Waals surface area contributed by atoms with Gasteiger partial charge in [-0.1, -0.05) is 17.7 Å². The first-order valence-electron chi connectivity index (χ1n) is 6.67. The highest BCUT2D eigenvalue weighted by Gasteiger charge is 2.12. The van der Waals surface area contributed by atoms with Crippen LogP contribution in [0.1, 0.15) is 16.1 Å². The molecule has 3 aromatic rings. The van der Waals surface area contributed by atoms with Crippen LogP contribution in [0.2, 0.25) is 5.02 Å². The second-order valence-corrected chi connectivity index (χ2v) is 5.36. The Morgan fingerprint density at radius 3 is 2.77 bits per heavy atom. The minimum absolute atomic E-state index is 0.336. The summed E-state index contributed by atoms with van der Waals surface area (Å²) in [5.74, 6) is -0.740. The predicted molar refractivity (Wildman–Crippen MR) is 85.8 cm³/mol. The average Bonchev–Trinajstić information content (AvgIpc) is 2.47. The van der Waals surface area contributed by atoms with Crippen molar-refractivity contribution in [2.75, 3.05) is 5.32 Å². The number of benzene rings is 2. The van der Waals surface area contributed by atoms with Gasteiger partial charge in [0, 0.05) is 16.1 Å². The van der Waals surface area contributed by atoms with Crippen LogP contribution >= 0.6 is 11.6 Å². The SMILES string of the molecule is Cc1nc2ccc(Cl)cc2cc1C(=O)Nc1cccc(F)c1. The van der Waals surface area contributed by atoms with Gasteiger partial charge < -0.3 is 5.32 Å². The molecule has 0 atom stereocenters. The van der Waals surface area contributed by atoms with E-state index in [1.165, 1.54) is 18.2 Å². The number of hydrogen-bond acceptors (Lipinski definition) is 2. The summed E-state index contributed by atoms with van der Waals surface area (Å²) in [5, 5.41) is 4.03. The third kappa shape index (κ3) is 2.92. The molecule has 3 nitrogen and oxygen atoms in total. The first-order chi connectivity index (χ1) is 10.5. The van der Waals surface area contributed by atoms with E-state index < -0.39 is 5.82 Å². The lowest BCUT2D eigenvalue weighted by Crippen LogP contribution is -2.14. The van der Waals surface area contributed by atoms with E-state index in [2.05, 4.69) is 10.3 Å². The number of nitrogens with zero attached hydrogens (tertiary/aromatic N) is 1. The summed E-state index contributed by atoms with van der Waals surface area (Å²) in [7, 11) is 0. The number of rotatable bonds is 2. The topological polar surface area (TPSA) is 42.0 Å². The molecule has 1 heterocycles. The molecule has 110 valence electrons. The van der Waals surface area contributed by atoms with Crippen molar-refractivity contribution in [3.8, 4) is 0 Å². The first kappa shape index (κ1) is 14.5. The zero-order valence-electron chi connectivity index (χ0n) is 11.7. The van der Waals surface area contributed by atoms with Gasteiger partial charge in [0.05, 0.1) is 16.8 Å². The maximum Gasteiger partial charge on any atom is 0.257 e. The van der Waals surface area contributed by atoms with Crippen LogP contribution in [0.15, 0.2) is 48.5 Å². The summed E-state index contributed by atoms with van der Waals surface area (Å²) in [6, 6.07) is 12.8. The van der Waals surface area contributed by atoms with Gasteiger partial charge in [0.1, 0.15) is 5.82 Å². The van der Waals surface area contributed by atoms with Crippen LogP contribution in [0, 0.1) is 12.7 Å². The van der Waals surface area contributed by atoms with Crippen LogP contribution in [0.4, 0.5) is 10.1 Å². The second kappa shape index (κ2) is 5.73. The van der Waals surface area contributed by atoms with Crippen LogP contribution in [0.25, 0.3) is 10.9 Å².